The molecule has 0 atom stereocenters. The van der Waals surface area contributed by atoms with E-state index in [0.717, 1.165) is 27.4 Å². The average molecular weight is 489 g/mol. The van der Waals surface area contributed by atoms with Crippen molar-refractivity contribution in [1.82, 2.24) is 9.88 Å². The van der Waals surface area contributed by atoms with E-state index in [9.17, 15) is 14.9 Å². The van der Waals surface area contributed by atoms with Crippen molar-refractivity contribution in [3.63, 3.8) is 0 Å². The summed E-state index contributed by atoms with van der Waals surface area (Å²) >= 11 is 1.40. The van der Waals surface area contributed by atoms with E-state index in [1.165, 1.54) is 11.3 Å². The van der Waals surface area contributed by atoms with Gasteiger partial charge >= 0.3 is 0 Å². The first-order valence-electron chi connectivity index (χ1n) is 11.8. The Morgan fingerprint density at radius 1 is 1.17 bits per heavy atom. The van der Waals surface area contributed by atoms with Crippen LogP contribution in [-0.2, 0) is 35.4 Å². The topological polar surface area (TPSA) is 95.3 Å². The van der Waals surface area contributed by atoms with Gasteiger partial charge in [-0.15, -0.1) is 11.3 Å². The number of para-hydroxylation sites is 1. The number of hydrogen-bond acceptors (Lipinski definition) is 6. The highest BCUT2D eigenvalue weighted by atomic mass is 32.1. The third-order valence-electron chi connectivity index (χ3n) is 5.99. The number of benzene rings is 1. The van der Waals surface area contributed by atoms with Crippen LogP contribution in [0.4, 0.5) is 5.00 Å². The highest BCUT2D eigenvalue weighted by molar-refractivity contribution is 7.16. The fraction of sp³-hybridized carbons (Fsp3) is 0.333. The fourth-order valence-electron chi connectivity index (χ4n) is 4.21. The Hall–Kier alpha value is -3.70. The Morgan fingerprint density at radius 2 is 2.00 bits per heavy atom. The molecule has 0 bridgehead atoms. The molecule has 2 aromatic heterocycles. The summed E-state index contributed by atoms with van der Waals surface area (Å²) in [5.41, 5.74) is 3.35. The molecule has 8 heteroatoms. The molecule has 7 nitrogen and oxygen atoms in total. The molecule has 1 aromatic carbocycles. The molecule has 0 fully saturated rings. The molecule has 0 unspecified atom stereocenters. The first kappa shape index (κ1) is 24.4. The van der Waals surface area contributed by atoms with Crippen molar-refractivity contribution in [2.45, 2.75) is 45.6 Å². The molecule has 0 radical (unpaired) electrons. The second-order valence-electron chi connectivity index (χ2n) is 8.29. The first-order chi connectivity index (χ1) is 17.1. The fourth-order valence-corrected chi connectivity index (χ4v) is 5.44. The standard InChI is InChI=1S/C27H28N4O3S/c1-2-34-23-9-4-3-7-19(23)10-12-25(32)30-27-22(17-28)21-14-16-31(18-24(21)35-27)26(33)13-11-20-8-5-6-15-29-20/h3-9,15H,2,10-14,16,18H2,1H3,(H,30,32). The second kappa shape index (κ2) is 11.6. The minimum Gasteiger partial charge on any atom is -0.494 e. The first-order valence-corrected chi connectivity index (χ1v) is 12.6. The normalized spacial score (nSPS) is 12.5. The van der Waals surface area contributed by atoms with Gasteiger partial charge in [0.15, 0.2) is 0 Å². The van der Waals surface area contributed by atoms with E-state index in [1.54, 1.807) is 6.20 Å². The lowest BCUT2D eigenvalue weighted by atomic mass is 10.0. The number of carbonyl (C=O) groups excluding carboxylic acids is 2. The number of carbonyl (C=O) groups is 2. The van der Waals surface area contributed by atoms with Gasteiger partial charge in [0.2, 0.25) is 11.8 Å². The second-order valence-corrected chi connectivity index (χ2v) is 9.40. The van der Waals surface area contributed by atoms with Crippen LogP contribution in [-0.4, -0.2) is 34.8 Å². The zero-order chi connectivity index (χ0) is 24.6. The van der Waals surface area contributed by atoms with Crippen LogP contribution in [0.1, 0.15) is 47.0 Å². The van der Waals surface area contributed by atoms with E-state index in [0.29, 0.717) is 55.9 Å². The molecular formula is C27H28N4O3S. The number of amides is 2. The maximum absolute atomic E-state index is 12.8. The predicted molar refractivity (Wildman–Crippen MR) is 135 cm³/mol. The Kier molecular flexibility index (Phi) is 8.11. The highest BCUT2D eigenvalue weighted by Gasteiger charge is 2.27. The van der Waals surface area contributed by atoms with Gasteiger partial charge in [0, 0.05) is 36.2 Å². The van der Waals surface area contributed by atoms with Crippen molar-refractivity contribution >= 4 is 28.2 Å². The summed E-state index contributed by atoms with van der Waals surface area (Å²) in [6, 6.07) is 15.7. The predicted octanol–water partition coefficient (Wildman–Crippen LogP) is 4.50. The number of nitrogens with one attached hydrogen (secondary N) is 1. The van der Waals surface area contributed by atoms with Crippen LogP contribution in [0.5, 0.6) is 5.75 Å². The van der Waals surface area contributed by atoms with Crippen LogP contribution in [0.15, 0.2) is 48.7 Å². The Balaban J connectivity index is 1.37. The largest absolute Gasteiger partial charge is 0.494 e. The Bertz CT molecular complexity index is 1230. The average Bonchev–Trinajstić information content (AvgIpc) is 3.23. The number of ether oxygens (including phenoxy) is 1. The number of fused-ring (bicyclic) bond motifs is 1. The van der Waals surface area contributed by atoms with Crippen LogP contribution in [0, 0.1) is 11.3 Å². The number of thiophene rings is 1. The van der Waals surface area contributed by atoms with Gasteiger partial charge in [-0.2, -0.15) is 5.26 Å². The summed E-state index contributed by atoms with van der Waals surface area (Å²) in [5, 5.41) is 13.3. The lowest BCUT2D eigenvalue weighted by molar-refractivity contribution is -0.132. The maximum Gasteiger partial charge on any atom is 0.225 e. The molecule has 0 aliphatic carbocycles. The van der Waals surface area contributed by atoms with E-state index < -0.39 is 0 Å². The zero-order valence-corrected chi connectivity index (χ0v) is 20.6. The van der Waals surface area contributed by atoms with Gasteiger partial charge < -0.3 is 15.0 Å². The van der Waals surface area contributed by atoms with Crippen molar-refractivity contribution in [3.05, 3.63) is 75.9 Å². The van der Waals surface area contributed by atoms with E-state index in [2.05, 4.69) is 16.4 Å². The van der Waals surface area contributed by atoms with Crippen molar-refractivity contribution in [1.29, 1.82) is 5.26 Å². The summed E-state index contributed by atoms with van der Waals surface area (Å²) in [6.45, 7) is 3.53. The highest BCUT2D eigenvalue weighted by Crippen LogP contribution is 2.37. The number of anilines is 1. The lowest BCUT2D eigenvalue weighted by Crippen LogP contribution is -2.35. The molecule has 1 aliphatic heterocycles. The number of aryl methyl sites for hydroxylation is 2. The van der Waals surface area contributed by atoms with Crippen molar-refractivity contribution < 1.29 is 14.3 Å². The van der Waals surface area contributed by atoms with Gasteiger partial charge in [-0.25, -0.2) is 0 Å². The molecule has 0 spiro atoms. The quantitative estimate of drug-likeness (QED) is 0.478. The van der Waals surface area contributed by atoms with Crippen LogP contribution < -0.4 is 10.1 Å². The number of pyridine rings is 1. The monoisotopic (exact) mass is 488 g/mol. The molecule has 4 rings (SSSR count). The van der Waals surface area contributed by atoms with Crippen molar-refractivity contribution in [2.75, 3.05) is 18.5 Å². The van der Waals surface area contributed by atoms with Gasteiger partial charge in [0.25, 0.3) is 0 Å². The molecule has 1 aliphatic rings. The van der Waals surface area contributed by atoms with Crippen LogP contribution in [0.3, 0.4) is 0 Å². The van der Waals surface area contributed by atoms with E-state index in [4.69, 9.17) is 4.74 Å². The molecule has 35 heavy (non-hydrogen) atoms. The SMILES string of the molecule is CCOc1ccccc1CCC(=O)Nc1sc2c(c1C#N)CCN(C(=O)CCc1ccccn1)C2. The summed E-state index contributed by atoms with van der Waals surface area (Å²) in [6.07, 6.45) is 4.18. The zero-order valence-electron chi connectivity index (χ0n) is 19.8. The number of rotatable bonds is 9. The molecule has 2 amide bonds. The minimum absolute atomic E-state index is 0.0757. The van der Waals surface area contributed by atoms with Crippen molar-refractivity contribution in [2.24, 2.45) is 0 Å². The molecular weight excluding hydrogens is 460 g/mol. The smallest absolute Gasteiger partial charge is 0.225 e. The molecule has 0 saturated heterocycles. The molecule has 180 valence electrons. The van der Waals surface area contributed by atoms with E-state index in [1.807, 2.05) is 54.3 Å². The number of nitriles is 1. The van der Waals surface area contributed by atoms with Crippen LogP contribution in [0.25, 0.3) is 0 Å². The van der Waals surface area contributed by atoms with Gasteiger partial charge in [-0.05, 0) is 55.5 Å². The van der Waals surface area contributed by atoms with Crippen LogP contribution >= 0.6 is 11.3 Å². The van der Waals surface area contributed by atoms with Crippen molar-refractivity contribution in [3.8, 4) is 11.8 Å². The van der Waals surface area contributed by atoms with Gasteiger partial charge in [-0.3, -0.25) is 14.6 Å². The summed E-state index contributed by atoms with van der Waals surface area (Å²) in [4.78, 5) is 32.6. The minimum atomic E-state index is -0.144. The Morgan fingerprint density at radius 3 is 2.77 bits per heavy atom. The van der Waals surface area contributed by atoms with Gasteiger partial charge in [0.05, 0.1) is 18.7 Å². The van der Waals surface area contributed by atoms with Gasteiger partial charge in [-0.1, -0.05) is 24.3 Å². The molecule has 0 saturated carbocycles. The van der Waals surface area contributed by atoms with E-state index in [-0.39, 0.29) is 18.2 Å². The van der Waals surface area contributed by atoms with E-state index >= 15 is 0 Å². The van der Waals surface area contributed by atoms with Crippen LogP contribution in [0.2, 0.25) is 0 Å². The number of nitrogens with zero attached hydrogens (tertiary/aromatic N) is 3. The molecule has 1 N–H and O–H groups in total. The number of hydrogen-bond donors (Lipinski definition) is 1. The lowest BCUT2D eigenvalue weighted by Gasteiger charge is -2.27. The maximum atomic E-state index is 12.8. The Labute approximate surface area is 209 Å². The summed E-state index contributed by atoms with van der Waals surface area (Å²) in [7, 11) is 0. The summed E-state index contributed by atoms with van der Waals surface area (Å²) < 4.78 is 5.64. The third kappa shape index (κ3) is 6.06. The summed E-state index contributed by atoms with van der Waals surface area (Å²) in [5.74, 6) is 0.723. The molecule has 3 heterocycles. The third-order valence-corrected chi connectivity index (χ3v) is 7.12. The number of aromatic nitrogens is 1. The van der Waals surface area contributed by atoms with Gasteiger partial charge in [0.1, 0.15) is 16.8 Å². The molecule has 3 aromatic rings.